The van der Waals surface area contributed by atoms with E-state index in [2.05, 4.69) is 28.0 Å². The number of carbonyl (C=O) groups is 1. The predicted molar refractivity (Wildman–Crippen MR) is 70.0 cm³/mol. The van der Waals surface area contributed by atoms with Crippen molar-refractivity contribution in [3.63, 3.8) is 0 Å². The first-order valence-corrected chi connectivity index (χ1v) is 6.81. The van der Waals surface area contributed by atoms with E-state index in [1.165, 1.54) is 6.42 Å². The topological polar surface area (TPSA) is 38.1 Å². The molecule has 0 spiro atoms. The van der Waals surface area contributed by atoms with E-state index in [0.717, 1.165) is 29.6 Å². The summed E-state index contributed by atoms with van der Waals surface area (Å²) in [6.07, 6.45) is 3.40. The highest BCUT2D eigenvalue weighted by Gasteiger charge is 2.28. The predicted octanol–water partition coefficient (Wildman–Crippen LogP) is 2.51. The van der Waals surface area contributed by atoms with Gasteiger partial charge < -0.3 is 4.90 Å². The van der Waals surface area contributed by atoms with E-state index in [4.69, 9.17) is 0 Å². The van der Waals surface area contributed by atoms with Crippen LogP contribution in [0.25, 0.3) is 0 Å². The number of nitrogens with zero attached hydrogens (tertiary/aromatic N) is 3. The third-order valence-electron chi connectivity index (χ3n) is 3.53. The number of rotatable bonds is 1. The highest BCUT2D eigenvalue weighted by molar-refractivity contribution is 9.10. The van der Waals surface area contributed by atoms with Crippen LogP contribution in [0.4, 0.5) is 0 Å². The average molecular weight is 300 g/mol. The van der Waals surface area contributed by atoms with Gasteiger partial charge >= 0.3 is 0 Å². The number of carbonyl (C=O) groups excluding carboxylic acids is 1. The monoisotopic (exact) mass is 299 g/mol. The molecule has 2 heterocycles. The largest absolute Gasteiger partial charge is 0.335 e. The summed E-state index contributed by atoms with van der Waals surface area (Å²) in [6, 6.07) is 0.325. The van der Waals surface area contributed by atoms with Crippen molar-refractivity contribution >= 4 is 21.8 Å². The lowest BCUT2D eigenvalue weighted by Gasteiger charge is -2.32. The summed E-state index contributed by atoms with van der Waals surface area (Å²) in [5, 5.41) is 4.30. The summed E-state index contributed by atoms with van der Waals surface area (Å²) in [6.45, 7) is 4.91. The zero-order chi connectivity index (χ0) is 12.6. The highest BCUT2D eigenvalue weighted by atomic mass is 79.9. The van der Waals surface area contributed by atoms with Gasteiger partial charge in [-0.3, -0.25) is 9.48 Å². The highest BCUT2D eigenvalue weighted by Crippen LogP contribution is 2.24. The fourth-order valence-electron chi connectivity index (χ4n) is 2.25. The molecule has 2 rings (SSSR count). The zero-order valence-electron chi connectivity index (χ0n) is 10.5. The molecule has 0 aromatic carbocycles. The molecule has 4 nitrogen and oxygen atoms in total. The van der Waals surface area contributed by atoms with E-state index >= 15 is 0 Å². The second kappa shape index (κ2) is 4.80. The minimum absolute atomic E-state index is 0.0489. The van der Waals surface area contributed by atoms with Crippen LogP contribution >= 0.6 is 15.9 Å². The SMILES string of the molecule is Cc1c(Br)c(C(=O)N2CCCC[C@@H]2C)nn1C. The summed E-state index contributed by atoms with van der Waals surface area (Å²) in [5.41, 5.74) is 1.52. The molecule has 94 valence electrons. The molecular formula is C12H18BrN3O. The molecule has 0 N–H and O–H groups in total. The number of aromatic nitrogens is 2. The standard InChI is InChI=1S/C12H18BrN3O/c1-8-6-4-5-7-16(8)12(17)11-10(13)9(2)15(3)14-11/h8H,4-7H2,1-3H3/t8-/m0/s1. The Morgan fingerprint density at radius 1 is 1.47 bits per heavy atom. The molecule has 1 fully saturated rings. The van der Waals surface area contributed by atoms with Gasteiger partial charge in [0.25, 0.3) is 5.91 Å². The Kier molecular flexibility index (Phi) is 3.56. The lowest BCUT2D eigenvalue weighted by molar-refractivity contribution is 0.0628. The van der Waals surface area contributed by atoms with Crippen LogP contribution in [0.2, 0.25) is 0 Å². The number of halogens is 1. The first-order valence-electron chi connectivity index (χ1n) is 6.02. The van der Waals surface area contributed by atoms with Gasteiger partial charge in [0.05, 0.1) is 10.2 Å². The number of hydrogen-bond acceptors (Lipinski definition) is 2. The van der Waals surface area contributed by atoms with Crippen LogP contribution in [0.1, 0.15) is 42.4 Å². The van der Waals surface area contributed by atoms with Crippen LogP contribution < -0.4 is 0 Å². The van der Waals surface area contributed by atoms with Gasteiger partial charge in [-0.05, 0) is 49.0 Å². The van der Waals surface area contributed by atoms with Crippen LogP contribution in [0.5, 0.6) is 0 Å². The maximum atomic E-state index is 12.4. The van der Waals surface area contributed by atoms with Crippen molar-refractivity contribution < 1.29 is 4.79 Å². The van der Waals surface area contributed by atoms with E-state index in [-0.39, 0.29) is 5.91 Å². The number of hydrogen-bond donors (Lipinski definition) is 0. The van der Waals surface area contributed by atoms with Crippen molar-refractivity contribution in [2.75, 3.05) is 6.54 Å². The van der Waals surface area contributed by atoms with Crippen molar-refractivity contribution in [3.05, 3.63) is 15.9 Å². The van der Waals surface area contributed by atoms with Crippen LogP contribution in [-0.2, 0) is 7.05 Å². The number of amides is 1. The molecule has 0 bridgehead atoms. The first kappa shape index (κ1) is 12.6. The molecule has 1 aromatic heterocycles. The normalized spacial score (nSPS) is 20.7. The molecule has 17 heavy (non-hydrogen) atoms. The molecule has 0 aliphatic carbocycles. The molecule has 1 atom stereocenters. The van der Waals surface area contributed by atoms with Gasteiger partial charge in [0.15, 0.2) is 5.69 Å². The van der Waals surface area contributed by atoms with E-state index in [1.54, 1.807) is 4.68 Å². The van der Waals surface area contributed by atoms with Gasteiger partial charge in [0, 0.05) is 19.6 Å². The number of likely N-dealkylation sites (tertiary alicyclic amines) is 1. The second-order valence-corrected chi connectivity index (χ2v) is 5.51. The Bertz CT molecular complexity index is 441. The second-order valence-electron chi connectivity index (χ2n) is 4.71. The maximum Gasteiger partial charge on any atom is 0.275 e. The Hall–Kier alpha value is -0.840. The fraction of sp³-hybridized carbons (Fsp3) is 0.667. The van der Waals surface area contributed by atoms with Crippen molar-refractivity contribution in [1.82, 2.24) is 14.7 Å². The Morgan fingerprint density at radius 3 is 2.71 bits per heavy atom. The molecule has 5 heteroatoms. The summed E-state index contributed by atoms with van der Waals surface area (Å²) in [4.78, 5) is 14.4. The summed E-state index contributed by atoms with van der Waals surface area (Å²) >= 11 is 3.46. The lowest BCUT2D eigenvalue weighted by Crippen LogP contribution is -2.42. The molecule has 1 aliphatic rings. The van der Waals surface area contributed by atoms with E-state index in [0.29, 0.717) is 11.7 Å². The number of piperidine rings is 1. The Morgan fingerprint density at radius 2 is 2.18 bits per heavy atom. The maximum absolute atomic E-state index is 12.4. The summed E-state index contributed by atoms with van der Waals surface area (Å²) in [7, 11) is 1.86. The van der Waals surface area contributed by atoms with Gasteiger partial charge in [-0.2, -0.15) is 5.10 Å². The smallest absolute Gasteiger partial charge is 0.275 e. The quantitative estimate of drug-likeness (QED) is 0.799. The van der Waals surface area contributed by atoms with Gasteiger partial charge in [0.2, 0.25) is 0 Å². The van der Waals surface area contributed by atoms with Crippen molar-refractivity contribution in [2.24, 2.45) is 7.05 Å². The van der Waals surface area contributed by atoms with Gasteiger partial charge in [-0.1, -0.05) is 0 Å². The van der Waals surface area contributed by atoms with Crippen LogP contribution in [-0.4, -0.2) is 33.2 Å². The lowest BCUT2D eigenvalue weighted by atomic mass is 10.0. The van der Waals surface area contributed by atoms with Crippen LogP contribution in [0, 0.1) is 6.92 Å². The molecule has 1 aromatic rings. The van der Waals surface area contributed by atoms with Crippen molar-refractivity contribution in [1.29, 1.82) is 0 Å². The molecular weight excluding hydrogens is 282 g/mol. The van der Waals surface area contributed by atoms with E-state index in [1.807, 2.05) is 18.9 Å². The first-order chi connectivity index (χ1) is 8.02. The van der Waals surface area contributed by atoms with Gasteiger partial charge in [0.1, 0.15) is 0 Å². The van der Waals surface area contributed by atoms with E-state index in [9.17, 15) is 4.79 Å². The fourth-order valence-corrected chi connectivity index (χ4v) is 2.76. The van der Waals surface area contributed by atoms with Gasteiger partial charge in [-0.25, -0.2) is 0 Å². The van der Waals surface area contributed by atoms with Gasteiger partial charge in [-0.15, -0.1) is 0 Å². The molecule has 1 saturated heterocycles. The van der Waals surface area contributed by atoms with Crippen LogP contribution in [0.3, 0.4) is 0 Å². The third-order valence-corrected chi connectivity index (χ3v) is 4.48. The zero-order valence-corrected chi connectivity index (χ0v) is 12.1. The molecule has 1 aliphatic heterocycles. The third kappa shape index (κ3) is 2.25. The minimum atomic E-state index is 0.0489. The Balaban J connectivity index is 2.27. The summed E-state index contributed by atoms with van der Waals surface area (Å²) in [5.74, 6) is 0.0489. The molecule has 0 saturated carbocycles. The molecule has 1 amide bonds. The van der Waals surface area contributed by atoms with Crippen molar-refractivity contribution in [3.8, 4) is 0 Å². The van der Waals surface area contributed by atoms with Crippen LogP contribution in [0.15, 0.2) is 4.47 Å². The minimum Gasteiger partial charge on any atom is -0.335 e. The summed E-state index contributed by atoms with van der Waals surface area (Å²) < 4.78 is 2.56. The molecule has 0 unspecified atom stereocenters. The van der Waals surface area contributed by atoms with Crippen molar-refractivity contribution in [2.45, 2.75) is 39.2 Å². The molecule has 0 radical (unpaired) electrons. The Labute approximate surface area is 110 Å². The average Bonchev–Trinajstić information content (AvgIpc) is 2.57. The van der Waals surface area contributed by atoms with E-state index < -0.39 is 0 Å². The number of aryl methyl sites for hydroxylation is 1.